The molecule has 1 aromatic heterocycles. The highest BCUT2D eigenvalue weighted by molar-refractivity contribution is 5.96. The van der Waals surface area contributed by atoms with Gasteiger partial charge >= 0.3 is 0 Å². The van der Waals surface area contributed by atoms with Crippen LogP contribution in [0.15, 0.2) is 12.6 Å². The SMILES string of the molecule is C=Cc1nc2cc(C)c(C)c(C)c2c(N)c1C. The highest BCUT2D eigenvalue weighted by Gasteiger charge is 2.12. The summed E-state index contributed by atoms with van der Waals surface area (Å²) in [6.45, 7) is 12.1. The number of pyridine rings is 1. The minimum absolute atomic E-state index is 0.825. The Morgan fingerprint density at radius 2 is 1.76 bits per heavy atom. The Balaban J connectivity index is 3.02. The molecule has 2 rings (SSSR count). The van der Waals surface area contributed by atoms with E-state index >= 15 is 0 Å². The van der Waals surface area contributed by atoms with Gasteiger partial charge in [0.15, 0.2) is 0 Å². The number of benzene rings is 1. The molecular formula is C15H18N2. The van der Waals surface area contributed by atoms with Crippen LogP contribution in [-0.2, 0) is 0 Å². The van der Waals surface area contributed by atoms with Crippen molar-refractivity contribution in [1.29, 1.82) is 0 Å². The average molecular weight is 226 g/mol. The zero-order valence-corrected chi connectivity index (χ0v) is 10.9. The van der Waals surface area contributed by atoms with Crippen LogP contribution in [0.1, 0.15) is 27.9 Å². The van der Waals surface area contributed by atoms with E-state index in [-0.39, 0.29) is 0 Å². The molecule has 2 nitrogen and oxygen atoms in total. The van der Waals surface area contributed by atoms with Gasteiger partial charge in [-0.3, -0.25) is 0 Å². The number of nitrogens with zero attached hydrogens (tertiary/aromatic N) is 1. The number of hydrogen-bond acceptors (Lipinski definition) is 2. The van der Waals surface area contributed by atoms with E-state index in [2.05, 4.69) is 38.4 Å². The topological polar surface area (TPSA) is 38.9 Å². The Bertz CT molecular complexity index is 625. The van der Waals surface area contributed by atoms with E-state index in [1.54, 1.807) is 6.08 Å². The Morgan fingerprint density at radius 1 is 1.12 bits per heavy atom. The number of anilines is 1. The van der Waals surface area contributed by atoms with Crippen molar-refractivity contribution >= 4 is 22.7 Å². The molecule has 0 bridgehead atoms. The van der Waals surface area contributed by atoms with Crippen molar-refractivity contribution in [1.82, 2.24) is 4.98 Å². The van der Waals surface area contributed by atoms with Crippen LogP contribution in [0.2, 0.25) is 0 Å². The number of nitrogen functional groups attached to an aromatic ring is 1. The van der Waals surface area contributed by atoms with Gasteiger partial charge in [0.1, 0.15) is 0 Å². The van der Waals surface area contributed by atoms with Crippen LogP contribution in [0.3, 0.4) is 0 Å². The van der Waals surface area contributed by atoms with Gasteiger partial charge in [-0.25, -0.2) is 4.98 Å². The molecule has 0 aliphatic carbocycles. The molecule has 0 saturated heterocycles. The van der Waals surface area contributed by atoms with Crippen molar-refractivity contribution in [3.05, 3.63) is 40.6 Å². The number of aromatic nitrogens is 1. The third kappa shape index (κ3) is 1.60. The van der Waals surface area contributed by atoms with Crippen LogP contribution in [0.5, 0.6) is 0 Å². The van der Waals surface area contributed by atoms with E-state index in [0.29, 0.717) is 0 Å². The maximum Gasteiger partial charge on any atom is 0.0735 e. The summed E-state index contributed by atoms with van der Waals surface area (Å²) in [5.41, 5.74) is 13.7. The molecule has 2 N–H and O–H groups in total. The van der Waals surface area contributed by atoms with Crippen molar-refractivity contribution in [3.63, 3.8) is 0 Å². The molecular weight excluding hydrogens is 208 g/mol. The first-order valence-corrected chi connectivity index (χ1v) is 5.76. The van der Waals surface area contributed by atoms with Crippen molar-refractivity contribution in [2.45, 2.75) is 27.7 Å². The van der Waals surface area contributed by atoms with Crippen LogP contribution in [0.25, 0.3) is 17.0 Å². The van der Waals surface area contributed by atoms with Gasteiger partial charge in [-0.2, -0.15) is 0 Å². The molecule has 0 aliphatic rings. The number of fused-ring (bicyclic) bond motifs is 1. The van der Waals surface area contributed by atoms with Crippen LogP contribution in [-0.4, -0.2) is 4.98 Å². The summed E-state index contributed by atoms with van der Waals surface area (Å²) in [6, 6.07) is 2.10. The van der Waals surface area contributed by atoms with Crippen LogP contribution in [0.4, 0.5) is 5.69 Å². The summed E-state index contributed by atoms with van der Waals surface area (Å²) in [6.07, 6.45) is 1.76. The van der Waals surface area contributed by atoms with E-state index < -0.39 is 0 Å². The fourth-order valence-corrected chi connectivity index (χ4v) is 2.23. The molecule has 2 aromatic rings. The van der Waals surface area contributed by atoms with Gasteiger partial charge in [0.05, 0.1) is 11.2 Å². The van der Waals surface area contributed by atoms with E-state index in [4.69, 9.17) is 5.73 Å². The quantitative estimate of drug-likeness (QED) is 0.805. The van der Waals surface area contributed by atoms with E-state index in [1.165, 1.54) is 16.7 Å². The number of aryl methyl sites for hydroxylation is 2. The fourth-order valence-electron chi connectivity index (χ4n) is 2.23. The predicted molar refractivity (Wildman–Crippen MR) is 75.2 cm³/mol. The van der Waals surface area contributed by atoms with E-state index in [1.807, 2.05) is 6.92 Å². The van der Waals surface area contributed by atoms with Gasteiger partial charge in [-0.15, -0.1) is 0 Å². The minimum atomic E-state index is 0.825. The second-order valence-corrected chi connectivity index (χ2v) is 4.58. The van der Waals surface area contributed by atoms with Crippen LogP contribution in [0, 0.1) is 27.7 Å². The smallest absolute Gasteiger partial charge is 0.0735 e. The molecule has 0 fully saturated rings. The second kappa shape index (κ2) is 3.88. The van der Waals surface area contributed by atoms with Crippen molar-refractivity contribution in [2.75, 3.05) is 5.73 Å². The summed E-state index contributed by atoms with van der Waals surface area (Å²) in [4.78, 5) is 4.62. The van der Waals surface area contributed by atoms with Crippen molar-refractivity contribution in [3.8, 4) is 0 Å². The highest BCUT2D eigenvalue weighted by Crippen LogP contribution is 2.31. The first-order valence-electron chi connectivity index (χ1n) is 5.76. The normalized spacial score (nSPS) is 10.8. The van der Waals surface area contributed by atoms with Gasteiger partial charge in [0.25, 0.3) is 0 Å². The molecule has 0 unspecified atom stereocenters. The standard InChI is InChI=1S/C15H18N2/c1-6-12-11(5)15(16)14-10(4)9(3)8(2)7-13(14)17-12/h6-7H,1H2,2-5H3,(H2,16,17). The Labute approximate surface area is 102 Å². The molecule has 0 aliphatic heterocycles. The van der Waals surface area contributed by atoms with Gasteiger partial charge in [-0.05, 0) is 62.1 Å². The number of hydrogen-bond donors (Lipinski definition) is 1. The molecule has 0 radical (unpaired) electrons. The molecule has 0 atom stereocenters. The summed E-state index contributed by atoms with van der Waals surface area (Å²) >= 11 is 0. The highest BCUT2D eigenvalue weighted by atomic mass is 14.7. The van der Waals surface area contributed by atoms with E-state index in [0.717, 1.165) is 27.8 Å². The Morgan fingerprint density at radius 3 is 2.35 bits per heavy atom. The summed E-state index contributed by atoms with van der Waals surface area (Å²) in [5.74, 6) is 0. The summed E-state index contributed by atoms with van der Waals surface area (Å²) in [5, 5.41) is 1.08. The van der Waals surface area contributed by atoms with Gasteiger partial charge in [-0.1, -0.05) is 6.58 Å². The molecule has 2 heteroatoms. The fraction of sp³-hybridized carbons (Fsp3) is 0.267. The lowest BCUT2D eigenvalue weighted by Crippen LogP contribution is -2.01. The maximum atomic E-state index is 6.23. The lowest BCUT2D eigenvalue weighted by atomic mass is 9.96. The second-order valence-electron chi connectivity index (χ2n) is 4.58. The lowest BCUT2D eigenvalue weighted by molar-refractivity contribution is 1.25. The minimum Gasteiger partial charge on any atom is -0.398 e. The zero-order chi connectivity index (χ0) is 12.7. The molecule has 0 spiro atoms. The van der Waals surface area contributed by atoms with Crippen molar-refractivity contribution < 1.29 is 0 Å². The lowest BCUT2D eigenvalue weighted by Gasteiger charge is -2.14. The molecule has 1 aromatic carbocycles. The molecule has 17 heavy (non-hydrogen) atoms. The maximum absolute atomic E-state index is 6.23. The first kappa shape index (κ1) is 11.6. The van der Waals surface area contributed by atoms with Crippen LogP contribution >= 0.6 is 0 Å². The van der Waals surface area contributed by atoms with Crippen molar-refractivity contribution in [2.24, 2.45) is 0 Å². The summed E-state index contributed by atoms with van der Waals surface area (Å²) < 4.78 is 0. The number of nitrogens with two attached hydrogens (primary N) is 1. The largest absolute Gasteiger partial charge is 0.398 e. The third-order valence-corrected chi connectivity index (χ3v) is 3.63. The van der Waals surface area contributed by atoms with Gasteiger partial charge < -0.3 is 5.73 Å². The first-order chi connectivity index (χ1) is 7.97. The average Bonchev–Trinajstić information content (AvgIpc) is 2.30. The van der Waals surface area contributed by atoms with Gasteiger partial charge in [0, 0.05) is 11.1 Å². The van der Waals surface area contributed by atoms with E-state index in [9.17, 15) is 0 Å². The van der Waals surface area contributed by atoms with Crippen LogP contribution < -0.4 is 5.73 Å². The zero-order valence-electron chi connectivity index (χ0n) is 10.9. The molecule has 1 heterocycles. The Hall–Kier alpha value is -1.83. The van der Waals surface area contributed by atoms with Gasteiger partial charge in [0.2, 0.25) is 0 Å². The monoisotopic (exact) mass is 226 g/mol. The Kier molecular flexibility index (Phi) is 2.66. The summed E-state index contributed by atoms with van der Waals surface area (Å²) in [7, 11) is 0. The number of rotatable bonds is 1. The molecule has 0 amide bonds. The molecule has 0 saturated carbocycles. The predicted octanol–water partition coefficient (Wildman–Crippen LogP) is 3.69. The molecule has 88 valence electrons. The third-order valence-electron chi connectivity index (χ3n) is 3.63.